The van der Waals surface area contributed by atoms with E-state index in [1.54, 1.807) is 18.9 Å². The molecule has 1 unspecified atom stereocenters. The molecule has 0 aliphatic rings. The van der Waals surface area contributed by atoms with Crippen LogP contribution < -0.4 is 10.1 Å². The molecule has 3 aromatic rings. The lowest BCUT2D eigenvalue weighted by Crippen LogP contribution is -2.31. The van der Waals surface area contributed by atoms with Gasteiger partial charge in [0.05, 0.1) is 7.11 Å². The van der Waals surface area contributed by atoms with Crippen LogP contribution in [0.4, 0.5) is 0 Å². The zero-order valence-electron chi connectivity index (χ0n) is 18.4. The highest BCUT2D eigenvalue weighted by Crippen LogP contribution is 2.29. The number of amides is 1. The Hall–Kier alpha value is -2.80. The summed E-state index contributed by atoms with van der Waals surface area (Å²) in [7, 11) is 1.66. The Labute approximate surface area is 188 Å². The Morgan fingerprint density at radius 3 is 2.52 bits per heavy atom. The molecule has 0 fully saturated rings. The number of thioether (sulfide) groups is 1. The number of carbonyl (C=O) groups excluding carboxylic acids is 1. The smallest absolute Gasteiger partial charge is 0.220 e. The van der Waals surface area contributed by atoms with Gasteiger partial charge in [0.2, 0.25) is 5.91 Å². The molecule has 0 saturated carbocycles. The number of nitrogens with one attached hydrogen (secondary N) is 1. The maximum absolute atomic E-state index is 11.9. The van der Waals surface area contributed by atoms with Crippen molar-refractivity contribution in [3.8, 4) is 22.8 Å². The molecule has 1 atom stereocenters. The van der Waals surface area contributed by atoms with E-state index in [1.165, 1.54) is 0 Å². The van der Waals surface area contributed by atoms with Crippen LogP contribution in [0.1, 0.15) is 39.5 Å². The standard InChI is InChI=1S/C24H30N4O2S/c1-4-18(2)25-22(29)12-8-9-17-31-24-27-26-23(19-10-6-5-7-11-19)28(24)20-13-15-21(30-3)16-14-20/h5-7,10-11,13-16,18H,4,8-9,12,17H2,1-3H3,(H,25,29). The topological polar surface area (TPSA) is 69.0 Å². The van der Waals surface area contributed by atoms with Gasteiger partial charge in [0.25, 0.3) is 0 Å². The number of nitrogens with zero attached hydrogens (tertiary/aromatic N) is 3. The van der Waals surface area contributed by atoms with Gasteiger partial charge in [-0.15, -0.1) is 10.2 Å². The molecule has 0 spiro atoms. The second-order valence-electron chi connectivity index (χ2n) is 7.39. The number of aromatic nitrogens is 3. The van der Waals surface area contributed by atoms with Crippen molar-refractivity contribution in [2.45, 2.75) is 50.7 Å². The first-order valence-corrected chi connectivity index (χ1v) is 11.7. The minimum Gasteiger partial charge on any atom is -0.497 e. The fourth-order valence-electron chi connectivity index (χ4n) is 3.10. The van der Waals surface area contributed by atoms with E-state index in [1.807, 2.05) is 61.5 Å². The number of hydrogen-bond donors (Lipinski definition) is 1. The number of methoxy groups -OCH3 is 1. The van der Waals surface area contributed by atoms with Crippen LogP contribution in [-0.2, 0) is 4.79 Å². The summed E-state index contributed by atoms with van der Waals surface area (Å²) in [6, 6.07) is 18.2. The third kappa shape index (κ3) is 6.34. The van der Waals surface area contributed by atoms with Gasteiger partial charge in [0, 0.05) is 29.5 Å². The van der Waals surface area contributed by atoms with E-state index in [0.717, 1.165) is 53.0 Å². The van der Waals surface area contributed by atoms with Gasteiger partial charge in [-0.2, -0.15) is 0 Å². The minimum absolute atomic E-state index is 0.132. The van der Waals surface area contributed by atoms with Crippen molar-refractivity contribution in [3.05, 3.63) is 54.6 Å². The molecule has 1 N–H and O–H groups in total. The molecule has 0 bridgehead atoms. The highest BCUT2D eigenvalue weighted by Gasteiger charge is 2.16. The first-order valence-electron chi connectivity index (χ1n) is 10.7. The second kappa shape index (κ2) is 11.6. The SMILES string of the molecule is CCC(C)NC(=O)CCCCSc1nnc(-c2ccccc2)n1-c1ccc(OC)cc1. The molecule has 0 saturated heterocycles. The minimum atomic E-state index is 0.132. The maximum Gasteiger partial charge on any atom is 0.220 e. The monoisotopic (exact) mass is 438 g/mol. The molecule has 31 heavy (non-hydrogen) atoms. The number of hydrogen-bond acceptors (Lipinski definition) is 5. The summed E-state index contributed by atoms with van der Waals surface area (Å²) < 4.78 is 7.37. The van der Waals surface area contributed by atoms with Crippen LogP contribution in [0.2, 0.25) is 0 Å². The number of unbranched alkanes of at least 4 members (excludes halogenated alkanes) is 1. The first kappa shape index (κ1) is 22.9. The molecule has 7 heteroatoms. The van der Waals surface area contributed by atoms with Gasteiger partial charge in [-0.25, -0.2) is 0 Å². The quantitative estimate of drug-likeness (QED) is 0.332. The third-order valence-corrected chi connectivity index (χ3v) is 6.06. The van der Waals surface area contributed by atoms with Gasteiger partial charge < -0.3 is 10.1 Å². The van der Waals surface area contributed by atoms with Gasteiger partial charge >= 0.3 is 0 Å². The summed E-state index contributed by atoms with van der Waals surface area (Å²) in [5.74, 6) is 2.62. The number of benzene rings is 2. The molecule has 6 nitrogen and oxygen atoms in total. The van der Waals surface area contributed by atoms with Crippen molar-refractivity contribution < 1.29 is 9.53 Å². The molecule has 2 aromatic carbocycles. The van der Waals surface area contributed by atoms with Crippen LogP contribution in [0.15, 0.2) is 59.8 Å². The van der Waals surface area contributed by atoms with Crippen LogP contribution in [-0.4, -0.2) is 39.6 Å². The number of rotatable bonds is 11. The largest absolute Gasteiger partial charge is 0.497 e. The van der Waals surface area contributed by atoms with Gasteiger partial charge in [0.1, 0.15) is 5.75 Å². The Kier molecular flexibility index (Phi) is 8.53. The fraction of sp³-hybridized carbons (Fsp3) is 0.375. The summed E-state index contributed by atoms with van der Waals surface area (Å²) >= 11 is 1.66. The van der Waals surface area contributed by atoms with E-state index in [9.17, 15) is 4.79 Å². The zero-order chi connectivity index (χ0) is 22.1. The average Bonchev–Trinajstić information content (AvgIpc) is 3.23. The number of ether oxygens (including phenoxy) is 1. The van der Waals surface area contributed by atoms with Crippen LogP contribution >= 0.6 is 11.8 Å². The van der Waals surface area contributed by atoms with Crippen molar-refractivity contribution in [1.29, 1.82) is 0 Å². The van der Waals surface area contributed by atoms with Crippen LogP contribution in [0.25, 0.3) is 17.1 Å². The summed E-state index contributed by atoms with van der Waals surface area (Å²) in [6.45, 7) is 4.11. The Morgan fingerprint density at radius 1 is 1.10 bits per heavy atom. The lowest BCUT2D eigenvalue weighted by molar-refractivity contribution is -0.121. The van der Waals surface area contributed by atoms with Gasteiger partial charge in [-0.1, -0.05) is 49.0 Å². The normalized spacial score (nSPS) is 11.8. The molecule has 0 aliphatic heterocycles. The highest BCUT2D eigenvalue weighted by molar-refractivity contribution is 7.99. The molecule has 0 aliphatic carbocycles. The van der Waals surface area contributed by atoms with Gasteiger partial charge in [-0.05, 0) is 50.5 Å². The molecule has 0 radical (unpaired) electrons. The van der Waals surface area contributed by atoms with Crippen LogP contribution in [0.5, 0.6) is 5.75 Å². The van der Waals surface area contributed by atoms with E-state index in [-0.39, 0.29) is 11.9 Å². The van der Waals surface area contributed by atoms with Crippen molar-refractivity contribution in [3.63, 3.8) is 0 Å². The molecule has 1 heterocycles. The summed E-state index contributed by atoms with van der Waals surface area (Å²) in [6.07, 6.45) is 3.31. The van der Waals surface area contributed by atoms with E-state index in [0.29, 0.717) is 6.42 Å². The predicted molar refractivity (Wildman–Crippen MR) is 126 cm³/mol. The molecule has 1 aromatic heterocycles. The van der Waals surface area contributed by atoms with Crippen LogP contribution in [0, 0.1) is 0 Å². The van der Waals surface area contributed by atoms with E-state index < -0.39 is 0 Å². The van der Waals surface area contributed by atoms with E-state index in [2.05, 4.69) is 27.0 Å². The van der Waals surface area contributed by atoms with Crippen molar-refractivity contribution in [1.82, 2.24) is 20.1 Å². The summed E-state index contributed by atoms with van der Waals surface area (Å²) in [5, 5.41) is 12.8. The zero-order valence-corrected chi connectivity index (χ0v) is 19.2. The predicted octanol–water partition coefficient (Wildman–Crippen LogP) is 5.12. The van der Waals surface area contributed by atoms with Crippen molar-refractivity contribution in [2.24, 2.45) is 0 Å². The van der Waals surface area contributed by atoms with E-state index >= 15 is 0 Å². The lowest BCUT2D eigenvalue weighted by atomic mass is 10.2. The van der Waals surface area contributed by atoms with E-state index in [4.69, 9.17) is 4.74 Å². The maximum atomic E-state index is 11.9. The lowest BCUT2D eigenvalue weighted by Gasteiger charge is -2.12. The van der Waals surface area contributed by atoms with Gasteiger partial charge in [0.15, 0.2) is 11.0 Å². The molecule has 164 valence electrons. The highest BCUT2D eigenvalue weighted by atomic mass is 32.2. The molecule has 1 amide bonds. The summed E-state index contributed by atoms with van der Waals surface area (Å²) in [4.78, 5) is 11.9. The Balaban J connectivity index is 1.69. The van der Waals surface area contributed by atoms with Crippen LogP contribution in [0.3, 0.4) is 0 Å². The first-order chi connectivity index (χ1) is 15.1. The van der Waals surface area contributed by atoms with Crippen molar-refractivity contribution >= 4 is 17.7 Å². The Morgan fingerprint density at radius 2 is 1.84 bits per heavy atom. The fourth-order valence-corrected chi connectivity index (χ4v) is 4.05. The number of carbonyl (C=O) groups is 1. The third-order valence-electron chi connectivity index (χ3n) is 5.05. The summed E-state index contributed by atoms with van der Waals surface area (Å²) in [5.41, 5.74) is 2.00. The molecular weight excluding hydrogens is 408 g/mol. The second-order valence-corrected chi connectivity index (χ2v) is 8.45. The average molecular weight is 439 g/mol. The van der Waals surface area contributed by atoms with Crippen molar-refractivity contribution in [2.75, 3.05) is 12.9 Å². The molecule has 3 rings (SSSR count). The Bertz CT molecular complexity index is 957. The van der Waals surface area contributed by atoms with Gasteiger partial charge in [-0.3, -0.25) is 9.36 Å². The molecular formula is C24H30N4O2S.